The van der Waals surface area contributed by atoms with Gasteiger partial charge in [-0.25, -0.2) is 19.3 Å². The van der Waals surface area contributed by atoms with E-state index < -0.39 is 49.7 Å². The van der Waals surface area contributed by atoms with Crippen LogP contribution in [0.5, 0.6) is 11.5 Å². The molecule has 1 unspecified atom stereocenters. The molecule has 0 saturated carbocycles. The number of hydrogen-bond acceptors (Lipinski definition) is 15. The zero-order valence-corrected chi connectivity index (χ0v) is 90.3. The minimum absolute atomic E-state index is 0. The Morgan fingerprint density at radius 3 is 0.755 bits per heavy atom. The predicted molar refractivity (Wildman–Crippen MR) is 620 cm³/mol. The normalized spacial score (nSPS) is 11.0. The Morgan fingerprint density at radius 2 is 0.558 bits per heavy atom. The van der Waals surface area contributed by atoms with E-state index in [2.05, 4.69) is 428 Å². The summed E-state index contributed by atoms with van der Waals surface area (Å²) in [6.45, 7) is 11.7. The second kappa shape index (κ2) is 76.7. The van der Waals surface area contributed by atoms with Crippen LogP contribution in [0.15, 0.2) is 462 Å². The molecule has 0 aliphatic carbocycles. The van der Waals surface area contributed by atoms with Crippen LogP contribution in [0.4, 0.5) is 0 Å². The van der Waals surface area contributed by atoms with Crippen LogP contribution in [-0.4, -0.2) is 78.2 Å². The summed E-state index contributed by atoms with van der Waals surface area (Å²) in [5.41, 5.74) is 2.43. The minimum Gasteiger partial charge on any atom is -0.508 e. The molecule has 16 rings (SSSR count). The molecule has 766 valence electrons. The van der Waals surface area contributed by atoms with E-state index in [9.17, 15) is 28.8 Å². The number of carbonyl (C=O) groups excluding carboxylic acids is 6. The van der Waals surface area contributed by atoms with Crippen LogP contribution in [0.25, 0.3) is 12.2 Å². The number of cyclic esters (lactones) is 2. The molecule has 0 spiro atoms. The fourth-order valence-corrected chi connectivity index (χ4v) is 23.7. The number of benzene rings is 15. The topological polar surface area (TPSA) is 218 Å². The Morgan fingerprint density at radius 1 is 0.333 bits per heavy atom. The first-order valence-electron chi connectivity index (χ1n) is 48.8. The van der Waals surface area contributed by atoms with Crippen molar-refractivity contribution >= 4 is 166 Å². The van der Waals surface area contributed by atoms with E-state index in [1.807, 2.05) is 12.1 Å². The van der Waals surface area contributed by atoms with Crippen molar-refractivity contribution in [3.05, 3.63) is 482 Å². The summed E-state index contributed by atoms with van der Waals surface area (Å²) < 4.78 is 24.8. The van der Waals surface area contributed by atoms with Crippen LogP contribution < -0.4 is 63.7 Å². The fourth-order valence-electron chi connectivity index (χ4n) is 14.1. The molecule has 0 bridgehead atoms. The Balaban J connectivity index is 0.000000257. The Kier molecular flexibility index (Phi) is 64.1. The SMILES string of the molecule is C.C=CC(=O)OCCCCCC.CCCCCCOC(=O)C=Cc1ccc(C(CCOC=O)OO)cc1.CCCCCCOC(=O)C=Cc1ccc(O)cc1.O=C1CCC(=O)O1.Oc1ccc(I)cc1.[Pd].c1ccc(P(c2ccccc2)c2ccccc2)cc1.c1ccc(P(c2ccccc2)c2ccccc2)cc1.c1ccc(P(c2ccccc2)c2ccccc2)cc1.c1ccc(P(c2ccccc2)c2ccccc2)cc1. The first-order chi connectivity index (χ1) is 71.1. The number of unbranched alkanes of at least 4 members (excludes halogenated alkanes) is 9. The first kappa shape index (κ1) is 123. The molecular weight excluding hydrogens is 2110 g/mol. The van der Waals surface area contributed by atoms with Gasteiger partial charge in [0.25, 0.3) is 6.47 Å². The van der Waals surface area contributed by atoms with Crippen molar-refractivity contribution < 1.29 is 93.2 Å². The average Bonchev–Trinajstić information content (AvgIpc) is 1.63. The summed E-state index contributed by atoms with van der Waals surface area (Å²) in [5, 5.41) is 43.6. The van der Waals surface area contributed by atoms with E-state index >= 15 is 0 Å². The quantitative estimate of drug-likeness (QED) is 0.00280. The molecule has 1 saturated heterocycles. The maximum absolute atomic E-state index is 11.6. The van der Waals surface area contributed by atoms with E-state index in [1.54, 1.807) is 72.8 Å². The Bertz CT molecular complexity index is 5190. The number of aromatic hydroxyl groups is 2. The largest absolute Gasteiger partial charge is 0.508 e. The third kappa shape index (κ3) is 50.0. The second-order valence-electron chi connectivity index (χ2n) is 32.4. The van der Waals surface area contributed by atoms with Crippen molar-refractivity contribution in [3.8, 4) is 11.5 Å². The van der Waals surface area contributed by atoms with E-state index in [0.29, 0.717) is 38.5 Å². The van der Waals surface area contributed by atoms with Gasteiger partial charge in [-0.1, -0.05) is 493 Å². The fraction of sp³-hybridized carbons (Fsp3) is 0.190. The maximum Gasteiger partial charge on any atom is 0.330 e. The molecule has 1 aliphatic heterocycles. The molecule has 15 nitrogen and oxygen atoms in total. The van der Waals surface area contributed by atoms with Crippen LogP contribution >= 0.6 is 54.3 Å². The number of esters is 5. The van der Waals surface area contributed by atoms with Gasteiger partial charge in [-0.15, -0.1) is 0 Å². The molecular formula is C126H135IO15P4Pd. The van der Waals surface area contributed by atoms with Crippen LogP contribution in [0.3, 0.4) is 0 Å². The molecule has 1 aliphatic rings. The van der Waals surface area contributed by atoms with Crippen molar-refractivity contribution in [2.45, 2.75) is 131 Å². The van der Waals surface area contributed by atoms with Gasteiger partial charge in [0, 0.05) is 48.6 Å². The van der Waals surface area contributed by atoms with Crippen LogP contribution in [0.2, 0.25) is 0 Å². The van der Waals surface area contributed by atoms with Crippen molar-refractivity contribution in [1.29, 1.82) is 0 Å². The van der Waals surface area contributed by atoms with Gasteiger partial charge in [0.1, 0.15) is 17.6 Å². The van der Waals surface area contributed by atoms with Gasteiger partial charge in [0.15, 0.2) is 0 Å². The van der Waals surface area contributed by atoms with Crippen LogP contribution in [0.1, 0.15) is 147 Å². The van der Waals surface area contributed by atoms with Gasteiger partial charge in [0.2, 0.25) is 0 Å². The van der Waals surface area contributed by atoms with Crippen molar-refractivity contribution in [2.24, 2.45) is 0 Å². The monoisotopic (exact) mass is 2240 g/mol. The molecule has 0 radical (unpaired) electrons. The van der Waals surface area contributed by atoms with Gasteiger partial charge in [0.05, 0.1) is 39.3 Å². The van der Waals surface area contributed by atoms with Gasteiger partial charge in [-0.05, 0) is 202 Å². The number of halogens is 1. The summed E-state index contributed by atoms with van der Waals surface area (Å²) in [4.78, 5) is 68.0. The summed E-state index contributed by atoms with van der Waals surface area (Å²) in [6, 6.07) is 150. The minimum atomic E-state index is -0.578. The third-order valence-corrected chi connectivity index (χ3v) is 31.9. The number of ether oxygens (including phenoxy) is 5. The summed E-state index contributed by atoms with van der Waals surface area (Å²) >= 11 is 2.19. The van der Waals surface area contributed by atoms with E-state index in [4.69, 9.17) is 29.7 Å². The van der Waals surface area contributed by atoms with Crippen LogP contribution in [-0.2, 0) is 77.8 Å². The Labute approximate surface area is 902 Å². The molecule has 0 amide bonds. The zero-order chi connectivity index (χ0) is 103. The summed E-state index contributed by atoms with van der Waals surface area (Å²) in [6.07, 6.45) is 20.8. The number of phenols is 2. The van der Waals surface area contributed by atoms with E-state index in [0.717, 1.165) is 71.6 Å². The Hall–Kier alpha value is -12.8. The zero-order valence-electron chi connectivity index (χ0n) is 83.0. The number of carbonyl (C=O) groups is 6. The van der Waals surface area contributed by atoms with Gasteiger partial charge in [-0.2, -0.15) is 0 Å². The van der Waals surface area contributed by atoms with Gasteiger partial charge < -0.3 is 33.9 Å². The van der Waals surface area contributed by atoms with Crippen molar-refractivity contribution in [1.82, 2.24) is 0 Å². The molecule has 15 aromatic rings. The van der Waals surface area contributed by atoms with Gasteiger partial charge in [-0.3, -0.25) is 19.6 Å². The van der Waals surface area contributed by atoms with E-state index in [-0.39, 0.29) is 71.0 Å². The number of phenolic OH excluding ortho intramolecular Hbond substituents is 2. The first-order valence-corrected chi connectivity index (χ1v) is 55.3. The molecule has 0 aromatic heterocycles. The molecule has 15 aromatic carbocycles. The van der Waals surface area contributed by atoms with Crippen LogP contribution in [0, 0.1) is 3.57 Å². The smallest absolute Gasteiger partial charge is 0.330 e. The predicted octanol–water partition coefficient (Wildman–Crippen LogP) is 26.0. The molecule has 21 heteroatoms. The number of rotatable bonds is 38. The standard InChI is InChI=1S/C19H26O6.4C18H15P.C15H20O3.C9H16O2.C6H5IO.C4H4O3.CH4.Pd/c1-2-3-4-5-13-24-19(21)11-8-16-6-9-17(10-7-16)18(25-22)12-14-23-15-20;4*1-4-10-16(11-5-1)19(17-12-6-2-7-13-17)18-14-8-3-9-15-18;1-2-3-4-5-12-18-15(17)11-8-13-6-9-14(16)10-7-13;1-3-5-6-7-8-11-9(10)4-2;7-5-1-3-6(8)4-2-5;5-3-1-2-4(6)7-3;;/h6-11,15,18,22H,2-5,12-14H2,1H3;4*1-15H;6-11,16H,2-5,12H2,1H3;4H,2-3,5-8H2,1H3;1-4,8H;1-2H2;1H4;. The average molecular weight is 2250 g/mol. The van der Waals surface area contributed by atoms with Gasteiger partial charge >= 0.3 is 29.8 Å². The maximum atomic E-state index is 11.6. The third-order valence-electron chi connectivity index (χ3n) is 21.4. The van der Waals surface area contributed by atoms with Crippen molar-refractivity contribution in [2.75, 3.05) is 26.4 Å². The van der Waals surface area contributed by atoms with Crippen molar-refractivity contribution in [3.63, 3.8) is 0 Å². The summed E-state index contributed by atoms with van der Waals surface area (Å²) in [7, 11) is -1.78. The molecule has 147 heavy (non-hydrogen) atoms. The number of hydrogen-bond donors (Lipinski definition) is 3. The molecule has 1 heterocycles. The molecule has 3 N–H and O–H groups in total. The molecule has 1 fully saturated rings. The summed E-state index contributed by atoms with van der Waals surface area (Å²) in [5.74, 6) is -1.25. The van der Waals surface area contributed by atoms with E-state index in [1.165, 1.54) is 108 Å². The second-order valence-corrected chi connectivity index (χ2v) is 42.5. The molecule has 1 atom stereocenters.